The number of methoxy groups -OCH3 is 1. The first-order valence-electron chi connectivity index (χ1n) is 8.51. The number of carbonyl (C=O) groups excluding carboxylic acids is 1. The van der Waals surface area contributed by atoms with Gasteiger partial charge in [-0.15, -0.1) is 22.7 Å². The molecule has 0 saturated heterocycles. The SMILES string of the molecule is COc1ccc(OC(=O)Cn2cnc3scc(-c4cccs4)c3c2=O)c([N+](=O)[O-])c1. The predicted molar refractivity (Wildman–Crippen MR) is 112 cm³/mol. The topological polar surface area (TPSA) is 114 Å². The number of hydrogen-bond acceptors (Lipinski definition) is 9. The van der Waals surface area contributed by atoms with Crippen molar-refractivity contribution in [2.24, 2.45) is 0 Å². The van der Waals surface area contributed by atoms with Gasteiger partial charge in [0.2, 0.25) is 5.75 Å². The van der Waals surface area contributed by atoms with Gasteiger partial charge in [-0.1, -0.05) is 6.07 Å². The van der Waals surface area contributed by atoms with Crippen LogP contribution in [0.5, 0.6) is 11.5 Å². The summed E-state index contributed by atoms with van der Waals surface area (Å²) in [5.41, 5.74) is -0.0386. The van der Waals surface area contributed by atoms with Crippen LogP contribution in [0.1, 0.15) is 0 Å². The van der Waals surface area contributed by atoms with Crippen LogP contribution in [-0.2, 0) is 11.3 Å². The summed E-state index contributed by atoms with van der Waals surface area (Å²) < 4.78 is 11.2. The lowest BCUT2D eigenvalue weighted by Gasteiger charge is -2.08. The molecule has 0 aliphatic heterocycles. The van der Waals surface area contributed by atoms with Gasteiger partial charge in [0.1, 0.15) is 17.1 Å². The third-order valence-electron chi connectivity index (χ3n) is 4.23. The molecule has 11 heteroatoms. The van der Waals surface area contributed by atoms with Gasteiger partial charge < -0.3 is 9.47 Å². The number of aromatic nitrogens is 2. The number of hydrogen-bond donors (Lipinski definition) is 0. The average Bonchev–Trinajstić information content (AvgIpc) is 3.40. The van der Waals surface area contributed by atoms with Crippen LogP contribution >= 0.6 is 22.7 Å². The highest BCUT2D eigenvalue weighted by Crippen LogP contribution is 2.33. The van der Waals surface area contributed by atoms with Crippen molar-refractivity contribution in [3.05, 3.63) is 67.9 Å². The lowest BCUT2D eigenvalue weighted by atomic mass is 10.2. The van der Waals surface area contributed by atoms with Crippen LogP contribution in [0.25, 0.3) is 20.7 Å². The lowest BCUT2D eigenvalue weighted by Crippen LogP contribution is -2.26. The summed E-state index contributed by atoms with van der Waals surface area (Å²) in [6.45, 7) is -0.440. The number of nitro groups is 1. The van der Waals surface area contributed by atoms with E-state index in [0.29, 0.717) is 10.2 Å². The van der Waals surface area contributed by atoms with Crippen LogP contribution in [0.3, 0.4) is 0 Å². The van der Waals surface area contributed by atoms with Crippen LogP contribution in [0.4, 0.5) is 5.69 Å². The number of rotatable bonds is 6. The van der Waals surface area contributed by atoms with Gasteiger partial charge in [-0.05, 0) is 23.6 Å². The fourth-order valence-corrected chi connectivity index (χ4v) is 4.56. The van der Waals surface area contributed by atoms with E-state index >= 15 is 0 Å². The average molecular weight is 443 g/mol. The number of esters is 1. The van der Waals surface area contributed by atoms with Crippen LogP contribution < -0.4 is 15.0 Å². The zero-order valence-electron chi connectivity index (χ0n) is 15.4. The maximum Gasteiger partial charge on any atom is 0.331 e. The van der Waals surface area contributed by atoms with E-state index in [4.69, 9.17) is 9.47 Å². The van der Waals surface area contributed by atoms with Crippen LogP contribution in [0.15, 0.2) is 52.2 Å². The lowest BCUT2D eigenvalue weighted by molar-refractivity contribution is -0.385. The highest BCUT2D eigenvalue weighted by molar-refractivity contribution is 7.18. The summed E-state index contributed by atoms with van der Waals surface area (Å²) in [6.07, 6.45) is 1.27. The molecule has 0 fully saturated rings. The number of thiophene rings is 2. The van der Waals surface area contributed by atoms with Crippen molar-refractivity contribution < 1.29 is 19.2 Å². The van der Waals surface area contributed by atoms with E-state index < -0.39 is 23.1 Å². The molecule has 0 unspecified atom stereocenters. The van der Waals surface area contributed by atoms with Gasteiger partial charge in [0.15, 0.2) is 0 Å². The summed E-state index contributed by atoms with van der Waals surface area (Å²) in [5, 5.41) is 15.4. The molecule has 3 aromatic heterocycles. The molecule has 3 heterocycles. The van der Waals surface area contributed by atoms with E-state index in [-0.39, 0.29) is 17.1 Å². The minimum atomic E-state index is -0.834. The summed E-state index contributed by atoms with van der Waals surface area (Å²) >= 11 is 2.84. The molecular weight excluding hydrogens is 430 g/mol. The Hall–Kier alpha value is -3.57. The molecule has 152 valence electrons. The maximum absolute atomic E-state index is 13.0. The summed E-state index contributed by atoms with van der Waals surface area (Å²) in [6, 6.07) is 7.65. The molecule has 0 spiro atoms. The van der Waals surface area contributed by atoms with Gasteiger partial charge in [-0.3, -0.25) is 19.5 Å². The standard InChI is InChI=1S/C19H13N3O6S2/c1-27-11-4-5-14(13(7-11)22(25)26)28-16(23)8-21-10-20-18-17(19(21)24)12(9-30-18)15-3-2-6-29-15/h2-7,9-10H,8H2,1H3. The van der Waals surface area contributed by atoms with Gasteiger partial charge in [-0.2, -0.15) is 0 Å². The van der Waals surface area contributed by atoms with Crippen molar-refractivity contribution in [2.45, 2.75) is 6.54 Å². The van der Waals surface area contributed by atoms with Gasteiger partial charge in [-0.25, -0.2) is 9.78 Å². The molecule has 9 nitrogen and oxygen atoms in total. The second-order valence-electron chi connectivity index (χ2n) is 6.05. The zero-order valence-corrected chi connectivity index (χ0v) is 17.1. The molecule has 0 bridgehead atoms. The summed E-state index contributed by atoms with van der Waals surface area (Å²) in [7, 11) is 1.37. The Bertz CT molecular complexity index is 1310. The largest absolute Gasteiger partial charge is 0.496 e. The summed E-state index contributed by atoms with van der Waals surface area (Å²) in [5.74, 6) is -0.812. The zero-order chi connectivity index (χ0) is 21.3. The Kier molecular flexibility index (Phi) is 5.29. The van der Waals surface area contributed by atoms with E-state index in [1.807, 2.05) is 22.9 Å². The van der Waals surface area contributed by atoms with Crippen molar-refractivity contribution in [2.75, 3.05) is 7.11 Å². The molecule has 0 atom stereocenters. The van der Waals surface area contributed by atoms with Crippen molar-refractivity contribution >= 4 is 44.5 Å². The van der Waals surface area contributed by atoms with E-state index in [0.717, 1.165) is 21.1 Å². The molecule has 0 aliphatic rings. The minimum absolute atomic E-state index is 0.234. The maximum atomic E-state index is 13.0. The molecule has 0 saturated carbocycles. The molecule has 0 radical (unpaired) electrons. The number of nitro benzene ring substituents is 1. The molecular formula is C19H13N3O6S2. The highest BCUT2D eigenvalue weighted by Gasteiger charge is 2.21. The Morgan fingerprint density at radius 3 is 2.83 bits per heavy atom. The van der Waals surface area contributed by atoms with Crippen LogP contribution in [0.2, 0.25) is 0 Å². The Labute approximate surface area is 176 Å². The normalized spacial score (nSPS) is 10.8. The second-order valence-corrected chi connectivity index (χ2v) is 7.86. The quantitative estimate of drug-likeness (QED) is 0.193. The fraction of sp³-hybridized carbons (Fsp3) is 0.105. The fourth-order valence-electron chi connectivity index (χ4n) is 2.84. The van der Waals surface area contributed by atoms with Crippen molar-refractivity contribution in [3.8, 4) is 21.9 Å². The molecule has 30 heavy (non-hydrogen) atoms. The van der Waals surface area contributed by atoms with Gasteiger partial charge in [0, 0.05) is 15.8 Å². The van der Waals surface area contributed by atoms with Crippen molar-refractivity contribution in [1.82, 2.24) is 9.55 Å². The van der Waals surface area contributed by atoms with Gasteiger partial charge >= 0.3 is 11.7 Å². The summed E-state index contributed by atoms with van der Waals surface area (Å²) in [4.78, 5) is 41.7. The Morgan fingerprint density at radius 2 is 2.13 bits per heavy atom. The van der Waals surface area contributed by atoms with Crippen molar-refractivity contribution in [1.29, 1.82) is 0 Å². The number of nitrogens with zero attached hydrogens (tertiary/aromatic N) is 3. The van der Waals surface area contributed by atoms with E-state index in [2.05, 4.69) is 4.98 Å². The minimum Gasteiger partial charge on any atom is -0.496 e. The third-order valence-corrected chi connectivity index (χ3v) is 6.02. The van der Waals surface area contributed by atoms with Crippen molar-refractivity contribution in [3.63, 3.8) is 0 Å². The monoisotopic (exact) mass is 443 g/mol. The number of ether oxygens (including phenoxy) is 2. The predicted octanol–water partition coefficient (Wildman–Crippen LogP) is 3.71. The van der Waals surface area contributed by atoms with Crippen LogP contribution in [0, 0.1) is 10.1 Å². The Morgan fingerprint density at radius 1 is 1.30 bits per heavy atom. The van der Waals surface area contributed by atoms with Gasteiger partial charge in [0.05, 0.1) is 29.8 Å². The molecule has 1 aromatic carbocycles. The second kappa shape index (κ2) is 8.05. The molecule has 4 rings (SSSR count). The third kappa shape index (κ3) is 3.67. The molecule has 0 aliphatic carbocycles. The van der Waals surface area contributed by atoms with E-state index in [1.54, 1.807) is 0 Å². The molecule has 0 amide bonds. The highest BCUT2D eigenvalue weighted by atomic mass is 32.1. The van der Waals surface area contributed by atoms with Crippen LogP contribution in [-0.4, -0.2) is 27.6 Å². The molecule has 4 aromatic rings. The number of carbonyl (C=O) groups is 1. The Balaban J connectivity index is 1.63. The van der Waals surface area contributed by atoms with E-state index in [1.165, 1.54) is 48.2 Å². The van der Waals surface area contributed by atoms with Gasteiger partial charge in [0.25, 0.3) is 5.56 Å². The number of benzene rings is 1. The first-order valence-corrected chi connectivity index (χ1v) is 10.3. The first-order chi connectivity index (χ1) is 14.5. The van der Waals surface area contributed by atoms with E-state index in [9.17, 15) is 19.7 Å². The first kappa shape index (κ1) is 19.7. The molecule has 0 N–H and O–H groups in total. The smallest absolute Gasteiger partial charge is 0.331 e. The number of fused-ring (bicyclic) bond motifs is 1.